The SMILES string of the molecule is CCC(C)CNC(=O)CNC(C)C. The van der Waals surface area contributed by atoms with E-state index in [0.29, 0.717) is 18.5 Å². The summed E-state index contributed by atoms with van der Waals surface area (Å²) >= 11 is 0. The van der Waals surface area contributed by atoms with Gasteiger partial charge in [-0.2, -0.15) is 0 Å². The summed E-state index contributed by atoms with van der Waals surface area (Å²) in [5.74, 6) is 0.664. The van der Waals surface area contributed by atoms with Crippen LogP contribution in [0.5, 0.6) is 0 Å². The van der Waals surface area contributed by atoms with E-state index in [4.69, 9.17) is 0 Å². The van der Waals surface area contributed by atoms with Crippen LogP contribution in [0.4, 0.5) is 0 Å². The molecule has 0 heterocycles. The fourth-order valence-corrected chi connectivity index (χ4v) is 0.792. The maximum Gasteiger partial charge on any atom is 0.233 e. The predicted octanol–water partition coefficient (Wildman–Crippen LogP) is 1.15. The number of nitrogens with one attached hydrogen (secondary N) is 2. The molecule has 0 bridgehead atoms. The maximum absolute atomic E-state index is 11.2. The van der Waals surface area contributed by atoms with Gasteiger partial charge in [0.15, 0.2) is 0 Å². The van der Waals surface area contributed by atoms with Crippen molar-refractivity contribution in [3.63, 3.8) is 0 Å². The predicted molar refractivity (Wildman–Crippen MR) is 55.6 cm³/mol. The highest BCUT2D eigenvalue weighted by atomic mass is 16.1. The van der Waals surface area contributed by atoms with Gasteiger partial charge in [-0.05, 0) is 5.92 Å². The molecule has 0 spiro atoms. The van der Waals surface area contributed by atoms with Crippen LogP contribution in [0.3, 0.4) is 0 Å². The Morgan fingerprint density at radius 1 is 1.31 bits per heavy atom. The Morgan fingerprint density at radius 2 is 1.92 bits per heavy atom. The highest BCUT2D eigenvalue weighted by molar-refractivity contribution is 5.77. The van der Waals surface area contributed by atoms with Crippen LogP contribution >= 0.6 is 0 Å². The molecule has 0 aliphatic heterocycles. The molecular weight excluding hydrogens is 164 g/mol. The van der Waals surface area contributed by atoms with Gasteiger partial charge in [0.05, 0.1) is 6.54 Å². The lowest BCUT2D eigenvalue weighted by molar-refractivity contribution is -0.120. The van der Waals surface area contributed by atoms with E-state index in [0.717, 1.165) is 13.0 Å². The minimum atomic E-state index is 0.0917. The largest absolute Gasteiger partial charge is 0.355 e. The van der Waals surface area contributed by atoms with Crippen molar-refractivity contribution in [2.75, 3.05) is 13.1 Å². The van der Waals surface area contributed by atoms with E-state index >= 15 is 0 Å². The summed E-state index contributed by atoms with van der Waals surface area (Å²) < 4.78 is 0. The molecule has 1 atom stereocenters. The molecule has 0 saturated carbocycles. The number of amides is 1. The average Bonchev–Trinajstić information content (AvgIpc) is 2.10. The van der Waals surface area contributed by atoms with Gasteiger partial charge in [-0.25, -0.2) is 0 Å². The molecule has 0 aromatic carbocycles. The molecule has 3 nitrogen and oxygen atoms in total. The van der Waals surface area contributed by atoms with Gasteiger partial charge in [0.25, 0.3) is 0 Å². The second-order valence-corrected chi connectivity index (χ2v) is 3.85. The molecule has 0 rings (SSSR count). The van der Waals surface area contributed by atoms with Crippen molar-refractivity contribution in [2.45, 2.75) is 40.2 Å². The quantitative estimate of drug-likeness (QED) is 0.653. The zero-order chi connectivity index (χ0) is 10.3. The van der Waals surface area contributed by atoms with Gasteiger partial charge in [0.2, 0.25) is 5.91 Å². The third kappa shape index (κ3) is 7.78. The molecular formula is C10H22N2O. The summed E-state index contributed by atoms with van der Waals surface area (Å²) in [6, 6.07) is 0.370. The first-order valence-corrected chi connectivity index (χ1v) is 5.06. The Bertz CT molecular complexity index is 146. The summed E-state index contributed by atoms with van der Waals surface area (Å²) in [6.07, 6.45) is 1.11. The van der Waals surface area contributed by atoms with Gasteiger partial charge >= 0.3 is 0 Å². The van der Waals surface area contributed by atoms with Gasteiger partial charge in [-0.1, -0.05) is 34.1 Å². The minimum Gasteiger partial charge on any atom is -0.355 e. The Balaban J connectivity index is 3.40. The van der Waals surface area contributed by atoms with E-state index in [1.54, 1.807) is 0 Å². The second-order valence-electron chi connectivity index (χ2n) is 3.85. The first-order chi connectivity index (χ1) is 6.06. The monoisotopic (exact) mass is 186 g/mol. The van der Waals surface area contributed by atoms with Crippen LogP contribution in [0.1, 0.15) is 34.1 Å². The lowest BCUT2D eigenvalue weighted by Crippen LogP contribution is -2.38. The second kappa shape index (κ2) is 6.89. The topological polar surface area (TPSA) is 41.1 Å². The molecule has 2 N–H and O–H groups in total. The summed E-state index contributed by atoms with van der Waals surface area (Å²) in [7, 11) is 0. The molecule has 1 amide bonds. The van der Waals surface area contributed by atoms with Crippen LogP contribution in [0.2, 0.25) is 0 Å². The molecule has 0 aliphatic rings. The highest BCUT2D eigenvalue weighted by Gasteiger charge is 2.03. The maximum atomic E-state index is 11.2. The van der Waals surface area contributed by atoms with E-state index in [9.17, 15) is 4.79 Å². The van der Waals surface area contributed by atoms with Crippen molar-refractivity contribution < 1.29 is 4.79 Å². The number of hydrogen-bond acceptors (Lipinski definition) is 2. The van der Waals surface area contributed by atoms with Crippen molar-refractivity contribution in [2.24, 2.45) is 5.92 Å². The van der Waals surface area contributed by atoms with Crippen molar-refractivity contribution in [3.05, 3.63) is 0 Å². The number of rotatable bonds is 6. The summed E-state index contributed by atoms with van der Waals surface area (Å²) in [5, 5.41) is 5.96. The van der Waals surface area contributed by atoms with Crippen molar-refractivity contribution in [1.82, 2.24) is 10.6 Å². The van der Waals surface area contributed by atoms with Gasteiger partial charge < -0.3 is 10.6 Å². The molecule has 0 aliphatic carbocycles. The van der Waals surface area contributed by atoms with Gasteiger partial charge in [-0.15, -0.1) is 0 Å². The van der Waals surface area contributed by atoms with Crippen LogP contribution in [-0.4, -0.2) is 25.0 Å². The fourth-order valence-electron chi connectivity index (χ4n) is 0.792. The van der Waals surface area contributed by atoms with Crippen LogP contribution in [0.25, 0.3) is 0 Å². The zero-order valence-corrected chi connectivity index (χ0v) is 9.18. The summed E-state index contributed by atoms with van der Waals surface area (Å²) in [5.41, 5.74) is 0. The van der Waals surface area contributed by atoms with Crippen LogP contribution in [0, 0.1) is 5.92 Å². The van der Waals surface area contributed by atoms with E-state index in [2.05, 4.69) is 24.5 Å². The standard InChI is InChI=1S/C10H22N2O/c1-5-9(4)6-12-10(13)7-11-8(2)3/h8-9,11H,5-7H2,1-4H3,(H,12,13). The normalized spacial score (nSPS) is 13.0. The molecule has 0 fully saturated rings. The summed E-state index contributed by atoms with van der Waals surface area (Å²) in [6.45, 7) is 9.53. The van der Waals surface area contributed by atoms with Crippen molar-refractivity contribution >= 4 is 5.91 Å². The van der Waals surface area contributed by atoms with E-state index in [1.807, 2.05) is 13.8 Å². The van der Waals surface area contributed by atoms with Crippen molar-refractivity contribution in [1.29, 1.82) is 0 Å². The third-order valence-electron chi connectivity index (χ3n) is 2.02. The zero-order valence-electron chi connectivity index (χ0n) is 9.18. The molecule has 0 radical (unpaired) electrons. The van der Waals surface area contributed by atoms with Gasteiger partial charge in [0, 0.05) is 12.6 Å². The lowest BCUT2D eigenvalue weighted by atomic mass is 10.1. The van der Waals surface area contributed by atoms with Crippen LogP contribution < -0.4 is 10.6 Å². The molecule has 1 unspecified atom stereocenters. The molecule has 0 aromatic rings. The minimum absolute atomic E-state index is 0.0917. The average molecular weight is 186 g/mol. The molecule has 13 heavy (non-hydrogen) atoms. The highest BCUT2D eigenvalue weighted by Crippen LogP contribution is 1.96. The Hall–Kier alpha value is -0.570. The first-order valence-electron chi connectivity index (χ1n) is 5.06. The molecule has 3 heteroatoms. The van der Waals surface area contributed by atoms with Gasteiger partial charge in [0.1, 0.15) is 0 Å². The Labute approximate surface area is 81.3 Å². The first kappa shape index (κ1) is 12.4. The Kier molecular flexibility index (Phi) is 6.59. The third-order valence-corrected chi connectivity index (χ3v) is 2.02. The lowest BCUT2D eigenvalue weighted by Gasteiger charge is -2.11. The van der Waals surface area contributed by atoms with E-state index in [1.165, 1.54) is 0 Å². The fraction of sp³-hybridized carbons (Fsp3) is 0.900. The smallest absolute Gasteiger partial charge is 0.233 e. The number of carbonyl (C=O) groups is 1. The molecule has 0 aromatic heterocycles. The van der Waals surface area contributed by atoms with Gasteiger partial charge in [-0.3, -0.25) is 4.79 Å². The molecule has 78 valence electrons. The number of hydrogen-bond donors (Lipinski definition) is 2. The van der Waals surface area contributed by atoms with Crippen LogP contribution in [-0.2, 0) is 4.79 Å². The van der Waals surface area contributed by atoms with Crippen molar-refractivity contribution in [3.8, 4) is 0 Å². The summed E-state index contributed by atoms with van der Waals surface area (Å²) in [4.78, 5) is 11.2. The van der Waals surface area contributed by atoms with E-state index < -0.39 is 0 Å². The number of carbonyl (C=O) groups excluding carboxylic acids is 1. The molecule has 0 saturated heterocycles. The van der Waals surface area contributed by atoms with Crippen LogP contribution in [0.15, 0.2) is 0 Å². The van der Waals surface area contributed by atoms with E-state index in [-0.39, 0.29) is 5.91 Å². The Morgan fingerprint density at radius 3 is 2.38 bits per heavy atom.